The summed E-state index contributed by atoms with van der Waals surface area (Å²) in [5.41, 5.74) is 10.2. The summed E-state index contributed by atoms with van der Waals surface area (Å²) in [7, 11) is 0. The van der Waals surface area contributed by atoms with E-state index >= 15 is 0 Å². The van der Waals surface area contributed by atoms with Crippen molar-refractivity contribution in [3.8, 4) is 0 Å². The minimum Gasteiger partial charge on any atom is -0.466 e. The molecule has 1 aliphatic rings. The van der Waals surface area contributed by atoms with Gasteiger partial charge in [0.2, 0.25) is 0 Å². The summed E-state index contributed by atoms with van der Waals surface area (Å²) in [6.45, 7) is 7.82. The maximum atomic E-state index is 11.9. The number of aromatic nitrogens is 2. The number of aryl methyl sites for hydroxylation is 1. The van der Waals surface area contributed by atoms with Crippen LogP contribution in [-0.4, -0.2) is 35.6 Å². The van der Waals surface area contributed by atoms with E-state index in [1.807, 2.05) is 19.1 Å². The van der Waals surface area contributed by atoms with Crippen LogP contribution in [0.4, 0.5) is 23.0 Å². The van der Waals surface area contributed by atoms with Gasteiger partial charge in [-0.25, -0.2) is 9.97 Å². The maximum absolute atomic E-state index is 11.9. The van der Waals surface area contributed by atoms with Gasteiger partial charge in [0.25, 0.3) is 0 Å². The Balaban J connectivity index is 1.74. The minimum atomic E-state index is -0.106. The van der Waals surface area contributed by atoms with Gasteiger partial charge >= 0.3 is 5.97 Å². The van der Waals surface area contributed by atoms with Crippen molar-refractivity contribution in [2.45, 2.75) is 33.6 Å². The number of ether oxygens (including phenoxy) is 1. The average molecular weight is 369 g/mol. The van der Waals surface area contributed by atoms with Crippen LogP contribution in [0.2, 0.25) is 0 Å². The van der Waals surface area contributed by atoms with Gasteiger partial charge in [0, 0.05) is 18.8 Å². The van der Waals surface area contributed by atoms with Gasteiger partial charge in [-0.3, -0.25) is 4.79 Å². The molecule has 3 N–H and O–H groups in total. The van der Waals surface area contributed by atoms with Crippen LogP contribution in [0.15, 0.2) is 24.5 Å². The van der Waals surface area contributed by atoms with Gasteiger partial charge < -0.3 is 20.7 Å². The summed E-state index contributed by atoms with van der Waals surface area (Å²) in [5, 5.41) is 3.33. The Bertz CT molecular complexity index is 816. The number of esters is 1. The molecule has 0 bridgehead atoms. The number of rotatable bonds is 5. The molecule has 1 aliphatic heterocycles. The van der Waals surface area contributed by atoms with Crippen molar-refractivity contribution in [2.75, 3.05) is 35.6 Å². The third-order valence-electron chi connectivity index (χ3n) is 5.13. The van der Waals surface area contributed by atoms with Crippen molar-refractivity contribution in [3.63, 3.8) is 0 Å². The van der Waals surface area contributed by atoms with Gasteiger partial charge in [-0.1, -0.05) is 12.1 Å². The zero-order valence-electron chi connectivity index (χ0n) is 16.2. The van der Waals surface area contributed by atoms with Crippen LogP contribution in [-0.2, 0) is 9.53 Å². The summed E-state index contributed by atoms with van der Waals surface area (Å²) < 4.78 is 5.13. The zero-order valence-corrected chi connectivity index (χ0v) is 16.2. The quantitative estimate of drug-likeness (QED) is 0.782. The third-order valence-corrected chi connectivity index (χ3v) is 5.13. The van der Waals surface area contributed by atoms with E-state index in [-0.39, 0.29) is 11.9 Å². The van der Waals surface area contributed by atoms with Gasteiger partial charge in [-0.2, -0.15) is 0 Å². The lowest BCUT2D eigenvalue weighted by molar-refractivity contribution is -0.148. The van der Waals surface area contributed by atoms with Crippen LogP contribution >= 0.6 is 0 Å². The highest BCUT2D eigenvalue weighted by atomic mass is 16.5. The Kier molecular flexibility index (Phi) is 5.78. The van der Waals surface area contributed by atoms with Gasteiger partial charge in [-0.15, -0.1) is 0 Å². The van der Waals surface area contributed by atoms with E-state index in [1.54, 1.807) is 0 Å². The fraction of sp³-hybridized carbons (Fsp3) is 0.450. The molecule has 0 atom stereocenters. The number of hydrogen-bond acceptors (Lipinski definition) is 7. The van der Waals surface area contributed by atoms with Crippen LogP contribution in [0.1, 0.15) is 30.9 Å². The molecule has 1 saturated heterocycles. The molecule has 0 saturated carbocycles. The maximum Gasteiger partial charge on any atom is 0.309 e. The highest BCUT2D eigenvalue weighted by Crippen LogP contribution is 2.32. The van der Waals surface area contributed by atoms with Crippen molar-refractivity contribution >= 4 is 29.0 Å². The molecule has 144 valence electrons. The molecule has 0 unspecified atom stereocenters. The number of piperidine rings is 1. The predicted octanol–water partition coefficient (Wildman–Crippen LogP) is 3.20. The number of nitrogens with one attached hydrogen (secondary N) is 1. The van der Waals surface area contributed by atoms with E-state index in [0.29, 0.717) is 37.0 Å². The molecule has 0 spiro atoms. The van der Waals surface area contributed by atoms with Crippen LogP contribution in [0.5, 0.6) is 0 Å². The van der Waals surface area contributed by atoms with E-state index in [1.165, 1.54) is 11.9 Å². The van der Waals surface area contributed by atoms with Gasteiger partial charge in [0.15, 0.2) is 11.6 Å². The highest BCUT2D eigenvalue weighted by Gasteiger charge is 2.28. The summed E-state index contributed by atoms with van der Waals surface area (Å²) in [4.78, 5) is 22.7. The first-order chi connectivity index (χ1) is 13.0. The van der Waals surface area contributed by atoms with E-state index in [9.17, 15) is 4.79 Å². The molecular formula is C20H27N5O2. The molecule has 7 nitrogen and oxygen atoms in total. The average Bonchev–Trinajstić information content (AvgIpc) is 2.67. The van der Waals surface area contributed by atoms with Gasteiger partial charge in [0.1, 0.15) is 12.0 Å². The SMILES string of the molecule is CCOC(=O)C1CCN(c2ncnc(Nc3cccc(C)c3C)c2N)CC1. The summed E-state index contributed by atoms with van der Waals surface area (Å²) >= 11 is 0. The molecule has 7 heteroatoms. The summed E-state index contributed by atoms with van der Waals surface area (Å²) in [6, 6.07) is 6.08. The molecule has 1 fully saturated rings. The molecule has 3 rings (SSSR count). The molecular weight excluding hydrogens is 342 g/mol. The topological polar surface area (TPSA) is 93.4 Å². The smallest absolute Gasteiger partial charge is 0.309 e. The summed E-state index contributed by atoms with van der Waals surface area (Å²) in [5.74, 6) is 1.16. The number of hydrogen-bond donors (Lipinski definition) is 2. The van der Waals surface area contributed by atoms with Crippen molar-refractivity contribution in [3.05, 3.63) is 35.7 Å². The second kappa shape index (κ2) is 8.24. The van der Waals surface area contributed by atoms with E-state index in [4.69, 9.17) is 10.5 Å². The number of nitrogens with zero attached hydrogens (tertiary/aromatic N) is 3. The van der Waals surface area contributed by atoms with Crippen LogP contribution in [0.25, 0.3) is 0 Å². The standard InChI is InChI=1S/C20H27N5O2/c1-4-27-20(26)15-8-10-25(11-9-15)19-17(21)18(22-12-23-19)24-16-7-5-6-13(2)14(16)3/h5-7,12,15H,4,8-11,21H2,1-3H3,(H,22,23,24). The fourth-order valence-electron chi connectivity index (χ4n) is 3.34. The third kappa shape index (κ3) is 4.13. The Hall–Kier alpha value is -2.83. The zero-order chi connectivity index (χ0) is 19.4. The number of carbonyl (C=O) groups excluding carboxylic acids is 1. The fourth-order valence-corrected chi connectivity index (χ4v) is 3.34. The summed E-state index contributed by atoms with van der Waals surface area (Å²) in [6.07, 6.45) is 3.00. The number of anilines is 4. The van der Waals surface area contributed by atoms with Crippen molar-refractivity contribution < 1.29 is 9.53 Å². The molecule has 2 heterocycles. The molecule has 1 aromatic heterocycles. The monoisotopic (exact) mass is 369 g/mol. The second-order valence-corrected chi connectivity index (χ2v) is 6.85. The Morgan fingerprint density at radius 2 is 2.04 bits per heavy atom. The predicted molar refractivity (Wildman–Crippen MR) is 107 cm³/mol. The molecule has 1 aromatic carbocycles. The Morgan fingerprint density at radius 3 is 2.74 bits per heavy atom. The second-order valence-electron chi connectivity index (χ2n) is 6.85. The molecule has 0 amide bonds. The number of nitrogens with two attached hydrogens (primary N) is 1. The molecule has 0 radical (unpaired) electrons. The normalized spacial score (nSPS) is 14.9. The first kappa shape index (κ1) is 18.9. The Labute approximate surface area is 159 Å². The van der Waals surface area contributed by atoms with Crippen LogP contribution < -0.4 is 16.0 Å². The van der Waals surface area contributed by atoms with Crippen molar-refractivity contribution in [1.29, 1.82) is 0 Å². The number of carbonyl (C=O) groups is 1. The van der Waals surface area contributed by atoms with Crippen LogP contribution in [0, 0.1) is 19.8 Å². The van der Waals surface area contributed by atoms with Crippen LogP contribution in [0.3, 0.4) is 0 Å². The van der Waals surface area contributed by atoms with Gasteiger partial charge in [0.05, 0.1) is 12.5 Å². The van der Waals surface area contributed by atoms with Crippen molar-refractivity contribution in [2.24, 2.45) is 5.92 Å². The van der Waals surface area contributed by atoms with Crippen molar-refractivity contribution in [1.82, 2.24) is 9.97 Å². The number of nitrogen functional groups attached to an aromatic ring is 1. The highest BCUT2D eigenvalue weighted by molar-refractivity contribution is 5.79. The van der Waals surface area contributed by atoms with E-state index < -0.39 is 0 Å². The molecule has 0 aliphatic carbocycles. The van der Waals surface area contributed by atoms with Gasteiger partial charge in [-0.05, 0) is 50.8 Å². The first-order valence-corrected chi connectivity index (χ1v) is 9.36. The largest absolute Gasteiger partial charge is 0.466 e. The first-order valence-electron chi connectivity index (χ1n) is 9.36. The Morgan fingerprint density at radius 1 is 1.30 bits per heavy atom. The minimum absolute atomic E-state index is 0.0446. The molecule has 27 heavy (non-hydrogen) atoms. The van der Waals surface area contributed by atoms with E-state index in [0.717, 1.165) is 24.1 Å². The van der Waals surface area contributed by atoms with E-state index in [2.05, 4.69) is 40.1 Å². The molecule has 2 aromatic rings. The number of benzene rings is 1. The lowest BCUT2D eigenvalue weighted by Gasteiger charge is -2.32. The lowest BCUT2D eigenvalue weighted by atomic mass is 9.97. The lowest BCUT2D eigenvalue weighted by Crippen LogP contribution is -2.37.